The van der Waals surface area contributed by atoms with Gasteiger partial charge in [-0.15, -0.1) is 0 Å². The second-order valence-electron chi connectivity index (χ2n) is 7.96. The molecular formula is C25H21Cl3N2O4S. The lowest BCUT2D eigenvalue weighted by atomic mass is 9.94. The zero-order valence-corrected chi connectivity index (χ0v) is 21.8. The van der Waals surface area contributed by atoms with Crippen molar-refractivity contribution in [1.82, 2.24) is 4.31 Å². The van der Waals surface area contributed by atoms with Gasteiger partial charge in [0.25, 0.3) is 10.0 Å². The highest BCUT2D eigenvalue weighted by Crippen LogP contribution is 2.43. The minimum absolute atomic E-state index is 0.0497. The van der Waals surface area contributed by atoms with Crippen molar-refractivity contribution in [1.29, 1.82) is 0 Å². The van der Waals surface area contributed by atoms with E-state index >= 15 is 0 Å². The first-order valence-electron chi connectivity index (χ1n) is 10.5. The first-order valence-corrected chi connectivity index (χ1v) is 13.1. The summed E-state index contributed by atoms with van der Waals surface area (Å²) in [5, 5.41) is 0. The third kappa shape index (κ3) is 5.05. The molecule has 0 radical (unpaired) electrons. The number of Topliss-reactive ketones (excluding diaryl/α,β-unsaturated/α-hetero) is 1. The maximum Gasteiger partial charge on any atom is 0.266 e. The van der Waals surface area contributed by atoms with E-state index in [0.29, 0.717) is 11.3 Å². The summed E-state index contributed by atoms with van der Waals surface area (Å²) in [6.45, 7) is 1.84. The summed E-state index contributed by atoms with van der Waals surface area (Å²) in [6, 6.07) is 19.2. The molecular weight excluding hydrogens is 531 g/mol. The van der Waals surface area contributed by atoms with Gasteiger partial charge in [0.2, 0.25) is 3.79 Å². The fraction of sp³-hybridized carbons (Fsp3) is 0.200. The summed E-state index contributed by atoms with van der Waals surface area (Å²) in [6.07, 6.45) is 0. The van der Waals surface area contributed by atoms with Crippen molar-refractivity contribution < 1.29 is 17.9 Å². The number of hydrogen-bond acceptors (Lipinski definition) is 5. The van der Waals surface area contributed by atoms with Gasteiger partial charge < -0.3 is 4.74 Å². The third-order valence-electron chi connectivity index (χ3n) is 5.64. The molecule has 4 rings (SSSR count). The Labute approximate surface area is 219 Å². The predicted octanol–water partition coefficient (Wildman–Crippen LogP) is 5.77. The minimum atomic E-state index is -4.34. The molecule has 1 aliphatic rings. The van der Waals surface area contributed by atoms with E-state index in [0.717, 1.165) is 9.87 Å². The number of nitrogens with zero attached hydrogens (tertiary/aromatic N) is 2. The van der Waals surface area contributed by atoms with Crippen molar-refractivity contribution >= 4 is 56.4 Å². The number of ketones is 1. The second kappa shape index (κ2) is 9.82. The van der Waals surface area contributed by atoms with Crippen LogP contribution in [0, 0.1) is 6.92 Å². The van der Waals surface area contributed by atoms with E-state index in [2.05, 4.69) is 4.99 Å². The lowest BCUT2D eigenvalue weighted by molar-refractivity contribution is 0.0915. The van der Waals surface area contributed by atoms with E-state index in [1.54, 1.807) is 66.7 Å². The number of hydrogen-bond donors (Lipinski definition) is 0. The molecule has 1 aliphatic heterocycles. The van der Waals surface area contributed by atoms with Crippen LogP contribution in [-0.4, -0.2) is 41.3 Å². The van der Waals surface area contributed by atoms with Gasteiger partial charge in [-0.05, 0) is 48.9 Å². The van der Waals surface area contributed by atoms with E-state index in [1.165, 1.54) is 19.2 Å². The van der Waals surface area contributed by atoms with Crippen molar-refractivity contribution in [2.24, 2.45) is 4.99 Å². The molecule has 2 atom stereocenters. The fourth-order valence-electron chi connectivity index (χ4n) is 3.89. The van der Waals surface area contributed by atoms with Crippen molar-refractivity contribution in [2.75, 3.05) is 7.11 Å². The Morgan fingerprint density at radius 2 is 1.54 bits per heavy atom. The highest BCUT2D eigenvalue weighted by molar-refractivity contribution is 7.89. The second-order valence-corrected chi connectivity index (χ2v) is 12.1. The van der Waals surface area contributed by atoms with Gasteiger partial charge in [0.1, 0.15) is 17.8 Å². The lowest BCUT2D eigenvalue weighted by Crippen LogP contribution is -2.49. The summed E-state index contributed by atoms with van der Waals surface area (Å²) >= 11 is 18.7. The van der Waals surface area contributed by atoms with Crippen LogP contribution in [0.3, 0.4) is 0 Å². The molecule has 182 valence electrons. The Balaban J connectivity index is 1.92. The van der Waals surface area contributed by atoms with Gasteiger partial charge in [-0.3, -0.25) is 9.79 Å². The van der Waals surface area contributed by atoms with Crippen LogP contribution in [0.1, 0.15) is 27.5 Å². The molecule has 0 N–H and O–H groups in total. The summed E-state index contributed by atoms with van der Waals surface area (Å²) in [4.78, 5) is 18.4. The maximum atomic E-state index is 13.9. The van der Waals surface area contributed by atoms with E-state index < -0.39 is 31.7 Å². The van der Waals surface area contributed by atoms with Gasteiger partial charge in [-0.25, -0.2) is 12.7 Å². The molecule has 0 spiro atoms. The first kappa shape index (κ1) is 25.5. The zero-order chi connectivity index (χ0) is 25.4. The van der Waals surface area contributed by atoms with Gasteiger partial charge >= 0.3 is 0 Å². The number of ether oxygens (including phenoxy) is 1. The number of amidine groups is 1. The molecule has 6 nitrogen and oxygen atoms in total. The fourth-order valence-corrected chi connectivity index (χ4v) is 6.09. The van der Waals surface area contributed by atoms with Gasteiger partial charge in [-0.1, -0.05) is 82.8 Å². The van der Waals surface area contributed by atoms with Crippen LogP contribution < -0.4 is 4.74 Å². The van der Waals surface area contributed by atoms with Crippen LogP contribution >= 0.6 is 34.8 Å². The Morgan fingerprint density at radius 3 is 2.09 bits per heavy atom. The van der Waals surface area contributed by atoms with Crippen LogP contribution in [0.4, 0.5) is 0 Å². The number of aryl methyl sites for hydroxylation is 1. The molecule has 0 amide bonds. The summed E-state index contributed by atoms with van der Waals surface area (Å²) < 4.78 is 31.7. The van der Waals surface area contributed by atoms with E-state index in [9.17, 15) is 13.2 Å². The molecule has 0 saturated heterocycles. The van der Waals surface area contributed by atoms with Crippen molar-refractivity contribution in [3.63, 3.8) is 0 Å². The van der Waals surface area contributed by atoms with Crippen molar-refractivity contribution in [3.8, 4) is 5.75 Å². The van der Waals surface area contributed by atoms with Gasteiger partial charge in [0.15, 0.2) is 11.6 Å². The highest BCUT2D eigenvalue weighted by atomic mass is 35.6. The molecule has 0 fully saturated rings. The molecule has 3 aromatic rings. The molecule has 0 saturated carbocycles. The van der Waals surface area contributed by atoms with Crippen molar-refractivity contribution in [3.05, 3.63) is 95.6 Å². The predicted molar refractivity (Wildman–Crippen MR) is 138 cm³/mol. The minimum Gasteiger partial charge on any atom is -0.497 e. The molecule has 35 heavy (non-hydrogen) atoms. The average molecular weight is 552 g/mol. The van der Waals surface area contributed by atoms with Crippen LogP contribution in [-0.2, 0) is 10.0 Å². The highest BCUT2D eigenvalue weighted by Gasteiger charge is 2.53. The summed E-state index contributed by atoms with van der Waals surface area (Å²) in [7, 11) is -2.83. The number of carbonyl (C=O) groups is 1. The number of halogens is 3. The Kier molecular flexibility index (Phi) is 7.16. The Hall–Kier alpha value is -2.58. The third-order valence-corrected chi connectivity index (χ3v) is 7.93. The van der Waals surface area contributed by atoms with Gasteiger partial charge in [0.05, 0.1) is 12.0 Å². The molecule has 1 heterocycles. The molecule has 3 aromatic carbocycles. The standard InChI is InChI=1S/C25H21Cl3N2O4S/c1-16-8-14-20(15-9-16)35(32,33)30-22(23(31)18-10-12-19(34-2)13-11-18)21(17-6-4-3-5-7-17)29-24(30)25(26,27)28/h3-15,21-22H,1-2H3/t21-,22+/m1/s1. The van der Waals surface area contributed by atoms with Crippen molar-refractivity contribution in [2.45, 2.75) is 27.7 Å². The van der Waals surface area contributed by atoms with Crippen LogP contribution in [0.25, 0.3) is 0 Å². The largest absolute Gasteiger partial charge is 0.497 e. The number of methoxy groups -OCH3 is 1. The normalized spacial score (nSPS) is 18.3. The smallest absolute Gasteiger partial charge is 0.266 e. The maximum absolute atomic E-state index is 13.9. The summed E-state index contributed by atoms with van der Waals surface area (Å²) in [5.74, 6) is -0.288. The zero-order valence-electron chi connectivity index (χ0n) is 18.7. The molecule has 0 aliphatic carbocycles. The molecule has 10 heteroatoms. The average Bonchev–Trinajstić information content (AvgIpc) is 3.27. The SMILES string of the molecule is COc1ccc(C(=O)[C@@H]2[C@@H](c3ccccc3)N=C(C(Cl)(Cl)Cl)N2S(=O)(=O)c2ccc(C)cc2)cc1. The van der Waals surface area contributed by atoms with Gasteiger partial charge in [-0.2, -0.15) is 0 Å². The van der Waals surface area contributed by atoms with Crippen LogP contribution in [0.2, 0.25) is 0 Å². The Bertz CT molecular complexity index is 1350. The van der Waals surface area contributed by atoms with Crippen LogP contribution in [0.5, 0.6) is 5.75 Å². The number of alkyl halides is 3. The van der Waals surface area contributed by atoms with Crippen LogP contribution in [0.15, 0.2) is 88.8 Å². The topological polar surface area (TPSA) is 76.0 Å². The molecule has 0 bridgehead atoms. The molecule has 0 aromatic heterocycles. The number of aliphatic imine (C=N–C) groups is 1. The number of rotatable bonds is 6. The monoisotopic (exact) mass is 550 g/mol. The first-order chi connectivity index (χ1) is 16.5. The summed E-state index contributed by atoms with van der Waals surface area (Å²) in [5.41, 5.74) is 1.74. The lowest BCUT2D eigenvalue weighted by Gasteiger charge is -2.30. The van der Waals surface area contributed by atoms with E-state index in [4.69, 9.17) is 39.5 Å². The number of sulfonamides is 1. The van der Waals surface area contributed by atoms with E-state index in [-0.39, 0.29) is 16.3 Å². The van der Waals surface area contributed by atoms with E-state index in [1.807, 2.05) is 6.92 Å². The Morgan fingerprint density at radius 1 is 0.943 bits per heavy atom. The molecule has 0 unspecified atom stereocenters. The number of benzene rings is 3. The van der Waals surface area contributed by atoms with Gasteiger partial charge in [0, 0.05) is 5.56 Å². The quantitative estimate of drug-likeness (QED) is 0.288. The number of carbonyl (C=O) groups excluding carboxylic acids is 1.